The average molecular weight is 187 g/mol. The number of methoxy groups -OCH3 is 1. The first-order valence-corrected chi connectivity index (χ1v) is 5.45. The normalized spacial score (nSPS) is 15.7. The summed E-state index contributed by atoms with van der Waals surface area (Å²) in [6, 6.07) is 0. The van der Waals surface area contributed by atoms with Crippen LogP contribution < -0.4 is 5.32 Å². The molecule has 80 valence electrons. The third-order valence-corrected chi connectivity index (χ3v) is 2.86. The van der Waals surface area contributed by atoms with Gasteiger partial charge < -0.3 is 10.1 Å². The maximum atomic E-state index is 4.98. The molecule has 0 aliphatic heterocycles. The summed E-state index contributed by atoms with van der Waals surface area (Å²) in [7, 11) is 1.74. The van der Waals surface area contributed by atoms with Gasteiger partial charge in [0.25, 0.3) is 0 Å². The van der Waals surface area contributed by atoms with Gasteiger partial charge in [-0.3, -0.25) is 0 Å². The van der Waals surface area contributed by atoms with Gasteiger partial charge in [0.05, 0.1) is 6.61 Å². The first kappa shape index (κ1) is 12.9. The number of hydrogen-bond donors (Lipinski definition) is 1. The number of rotatable bonds is 8. The lowest BCUT2D eigenvalue weighted by Crippen LogP contribution is -2.29. The SMILES string of the molecule is CCC(C)C(CC)CNCCOC. The van der Waals surface area contributed by atoms with E-state index in [4.69, 9.17) is 4.74 Å². The Morgan fingerprint density at radius 3 is 2.38 bits per heavy atom. The third-order valence-electron chi connectivity index (χ3n) is 2.86. The van der Waals surface area contributed by atoms with Crippen LogP contribution in [0.15, 0.2) is 0 Å². The lowest BCUT2D eigenvalue weighted by Gasteiger charge is -2.21. The molecule has 0 aromatic rings. The highest BCUT2D eigenvalue weighted by Gasteiger charge is 2.12. The zero-order valence-corrected chi connectivity index (χ0v) is 9.60. The molecule has 13 heavy (non-hydrogen) atoms. The van der Waals surface area contributed by atoms with E-state index in [2.05, 4.69) is 26.1 Å². The Hall–Kier alpha value is -0.0800. The van der Waals surface area contributed by atoms with E-state index in [9.17, 15) is 0 Å². The van der Waals surface area contributed by atoms with Crippen LogP contribution in [0.1, 0.15) is 33.6 Å². The second-order valence-corrected chi connectivity index (χ2v) is 3.75. The highest BCUT2D eigenvalue weighted by molar-refractivity contribution is 4.66. The first-order chi connectivity index (χ1) is 6.26. The van der Waals surface area contributed by atoms with Crippen LogP contribution in [-0.4, -0.2) is 26.8 Å². The van der Waals surface area contributed by atoms with E-state index in [0.29, 0.717) is 0 Å². The molecule has 0 aromatic carbocycles. The van der Waals surface area contributed by atoms with Crippen LogP contribution in [0.4, 0.5) is 0 Å². The molecule has 2 heteroatoms. The fourth-order valence-electron chi connectivity index (χ4n) is 1.54. The molecular formula is C11H25NO. The second-order valence-electron chi connectivity index (χ2n) is 3.75. The first-order valence-electron chi connectivity index (χ1n) is 5.45. The molecule has 0 saturated carbocycles. The van der Waals surface area contributed by atoms with Gasteiger partial charge in [-0.1, -0.05) is 33.6 Å². The van der Waals surface area contributed by atoms with Gasteiger partial charge in [0.15, 0.2) is 0 Å². The smallest absolute Gasteiger partial charge is 0.0587 e. The van der Waals surface area contributed by atoms with Crippen LogP contribution in [0.25, 0.3) is 0 Å². The lowest BCUT2D eigenvalue weighted by atomic mass is 9.89. The molecule has 0 aromatic heterocycles. The molecule has 2 atom stereocenters. The van der Waals surface area contributed by atoms with Crippen molar-refractivity contribution in [2.24, 2.45) is 11.8 Å². The van der Waals surface area contributed by atoms with E-state index in [0.717, 1.165) is 31.5 Å². The van der Waals surface area contributed by atoms with Gasteiger partial charge in [-0.2, -0.15) is 0 Å². The third kappa shape index (κ3) is 6.05. The molecule has 0 amide bonds. The van der Waals surface area contributed by atoms with Crippen molar-refractivity contribution >= 4 is 0 Å². The molecule has 0 heterocycles. The molecule has 0 saturated heterocycles. The topological polar surface area (TPSA) is 21.3 Å². The van der Waals surface area contributed by atoms with Gasteiger partial charge in [0, 0.05) is 13.7 Å². The summed E-state index contributed by atoms with van der Waals surface area (Å²) in [5.74, 6) is 1.65. The van der Waals surface area contributed by atoms with E-state index >= 15 is 0 Å². The molecule has 0 aliphatic rings. The molecular weight excluding hydrogens is 162 g/mol. The number of ether oxygens (including phenoxy) is 1. The van der Waals surface area contributed by atoms with Gasteiger partial charge in [0.1, 0.15) is 0 Å². The van der Waals surface area contributed by atoms with Crippen molar-refractivity contribution < 1.29 is 4.74 Å². The maximum Gasteiger partial charge on any atom is 0.0587 e. The monoisotopic (exact) mass is 187 g/mol. The molecule has 2 nitrogen and oxygen atoms in total. The van der Waals surface area contributed by atoms with Crippen LogP contribution in [0.5, 0.6) is 0 Å². The van der Waals surface area contributed by atoms with Crippen LogP contribution in [0.3, 0.4) is 0 Å². The Bertz CT molecular complexity index is 106. The zero-order valence-electron chi connectivity index (χ0n) is 9.60. The van der Waals surface area contributed by atoms with E-state index in [1.54, 1.807) is 7.11 Å². The van der Waals surface area contributed by atoms with Crippen LogP contribution in [0, 0.1) is 11.8 Å². The van der Waals surface area contributed by atoms with Gasteiger partial charge in [-0.25, -0.2) is 0 Å². The summed E-state index contributed by atoms with van der Waals surface area (Å²) in [5.41, 5.74) is 0. The largest absolute Gasteiger partial charge is 0.383 e. The Morgan fingerprint density at radius 2 is 1.92 bits per heavy atom. The summed E-state index contributed by atoms with van der Waals surface area (Å²) >= 11 is 0. The minimum Gasteiger partial charge on any atom is -0.383 e. The van der Waals surface area contributed by atoms with Crippen LogP contribution in [-0.2, 0) is 4.74 Å². The van der Waals surface area contributed by atoms with E-state index < -0.39 is 0 Å². The Kier molecular flexibility index (Phi) is 8.46. The molecule has 1 N–H and O–H groups in total. The lowest BCUT2D eigenvalue weighted by molar-refractivity contribution is 0.195. The standard InChI is InChI=1S/C11H25NO/c1-5-10(3)11(6-2)9-12-7-8-13-4/h10-12H,5-9H2,1-4H3. The van der Waals surface area contributed by atoms with Crippen molar-refractivity contribution in [2.75, 3.05) is 26.8 Å². The predicted molar refractivity (Wildman–Crippen MR) is 58.0 cm³/mol. The summed E-state index contributed by atoms with van der Waals surface area (Å²) in [5, 5.41) is 3.43. The van der Waals surface area contributed by atoms with E-state index in [1.165, 1.54) is 12.8 Å². The summed E-state index contributed by atoms with van der Waals surface area (Å²) in [4.78, 5) is 0. The fourth-order valence-corrected chi connectivity index (χ4v) is 1.54. The maximum absolute atomic E-state index is 4.98. The number of hydrogen-bond acceptors (Lipinski definition) is 2. The molecule has 0 spiro atoms. The Balaban J connectivity index is 3.47. The van der Waals surface area contributed by atoms with E-state index in [-0.39, 0.29) is 0 Å². The van der Waals surface area contributed by atoms with Crippen LogP contribution >= 0.6 is 0 Å². The molecule has 0 radical (unpaired) electrons. The highest BCUT2D eigenvalue weighted by Crippen LogP contribution is 2.17. The summed E-state index contributed by atoms with van der Waals surface area (Å²) in [6.07, 6.45) is 2.56. The second kappa shape index (κ2) is 8.52. The van der Waals surface area contributed by atoms with E-state index in [1.807, 2.05) is 0 Å². The summed E-state index contributed by atoms with van der Waals surface area (Å²) < 4.78 is 4.98. The summed E-state index contributed by atoms with van der Waals surface area (Å²) in [6.45, 7) is 9.80. The van der Waals surface area contributed by atoms with Crippen molar-refractivity contribution in [1.82, 2.24) is 5.32 Å². The van der Waals surface area contributed by atoms with Gasteiger partial charge in [-0.15, -0.1) is 0 Å². The quantitative estimate of drug-likeness (QED) is 0.589. The zero-order chi connectivity index (χ0) is 10.1. The van der Waals surface area contributed by atoms with Crippen molar-refractivity contribution in [3.63, 3.8) is 0 Å². The molecule has 0 rings (SSSR count). The van der Waals surface area contributed by atoms with Crippen molar-refractivity contribution in [3.8, 4) is 0 Å². The Morgan fingerprint density at radius 1 is 1.23 bits per heavy atom. The molecule has 0 aliphatic carbocycles. The Labute approximate surface area is 83.1 Å². The molecule has 2 unspecified atom stereocenters. The van der Waals surface area contributed by atoms with Crippen molar-refractivity contribution in [2.45, 2.75) is 33.6 Å². The molecule has 0 fully saturated rings. The van der Waals surface area contributed by atoms with Crippen LogP contribution in [0.2, 0.25) is 0 Å². The average Bonchev–Trinajstić information content (AvgIpc) is 2.17. The van der Waals surface area contributed by atoms with Gasteiger partial charge in [0.2, 0.25) is 0 Å². The van der Waals surface area contributed by atoms with Gasteiger partial charge >= 0.3 is 0 Å². The highest BCUT2D eigenvalue weighted by atomic mass is 16.5. The number of nitrogens with one attached hydrogen (secondary N) is 1. The van der Waals surface area contributed by atoms with Crippen molar-refractivity contribution in [3.05, 3.63) is 0 Å². The van der Waals surface area contributed by atoms with Gasteiger partial charge in [-0.05, 0) is 18.4 Å². The molecule has 0 bridgehead atoms. The minimum atomic E-state index is 0.816. The van der Waals surface area contributed by atoms with Crippen molar-refractivity contribution in [1.29, 1.82) is 0 Å². The fraction of sp³-hybridized carbons (Fsp3) is 1.00. The minimum absolute atomic E-state index is 0.816. The predicted octanol–water partition coefficient (Wildman–Crippen LogP) is 2.29.